The molecule has 2 rings (SSSR count). The van der Waals surface area contributed by atoms with Crippen LogP contribution in [-0.2, 0) is 6.54 Å². The molecule has 66 valence electrons. The molecule has 1 aromatic heterocycles. The molecule has 1 heterocycles. The molecule has 0 spiro atoms. The van der Waals surface area contributed by atoms with E-state index in [0.717, 1.165) is 5.92 Å². The topological polar surface area (TPSA) is 4.93 Å². The summed E-state index contributed by atoms with van der Waals surface area (Å²) in [5.41, 5.74) is 4.36. The molecule has 0 aromatic carbocycles. The van der Waals surface area contributed by atoms with Crippen molar-refractivity contribution in [3.05, 3.63) is 23.0 Å². The average molecular weight is 163 g/mol. The maximum Gasteiger partial charge on any atom is 0.0250 e. The zero-order chi connectivity index (χ0) is 8.72. The molecule has 0 amide bonds. The number of rotatable bonds is 2. The van der Waals surface area contributed by atoms with Crippen molar-refractivity contribution in [2.45, 2.75) is 40.2 Å². The molecular formula is C11H17N. The fraction of sp³-hybridized carbons (Fsp3) is 0.636. The van der Waals surface area contributed by atoms with E-state index in [1.54, 1.807) is 0 Å². The van der Waals surface area contributed by atoms with Gasteiger partial charge in [0.05, 0.1) is 0 Å². The van der Waals surface area contributed by atoms with Gasteiger partial charge in [-0.3, -0.25) is 0 Å². The molecule has 1 nitrogen and oxygen atoms in total. The van der Waals surface area contributed by atoms with Gasteiger partial charge in [-0.15, -0.1) is 0 Å². The van der Waals surface area contributed by atoms with Gasteiger partial charge in [0.25, 0.3) is 0 Å². The number of hydrogen-bond acceptors (Lipinski definition) is 0. The van der Waals surface area contributed by atoms with Crippen LogP contribution in [-0.4, -0.2) is 4.57 Å². The maximum absolute atomic E-state index is 2.42. The van der Waals surface area contributed by atoms with Crippen LogP contribution in [0.15, 0.2) is 6.20 Å². The van der Waals surface area contributed by atoms with Crippen LogP contribution in [0.5, 0.6) is 0 Å². The van der Waals surface area contributed by atoms with Gasteiger partial charge in [-0.25, -0.2) is 0 Å². The molecule has 0 aliphatic heterocycles. The van der Waals surface area contributed by atoms with Gasteiger partial charge in [-0.1, -0.05) is 0 Å². The fourth-order valence-electron chi connectivity index (χ4n) is 1.70. The van der Waals surface area contributed by atoms with Gasteiger partial charge in [0.2, 0.25) is 0 Å². The molecule has 1 aliphatic carbocycles. The molecular weight excluding hydrogens is 146 g/mol. The van der Waals surface area contributed by atoms with Gasteiger partial charge < -0.3 is 4.57 Å². The molecule has 0 bridgehead atoms. The van der Waals surface area contributed by atoms with E-state index < -0.39 is 0 Å². The molecule has 0 atom stereocenters. The highest BCUT2D eigenvalue weighted by Crippen LogP contribution is 2.31. The molecule has 1 aliphatic rings. The van der Waals surface area contributed by atoms with E-state index in [9.17, 15) is 0 Å². The second-order valence-electron chi connectivity index (χ2n) is 4.12. The van der Waals surface area contributed by atoms with Gasteiger partial charge in [0.1, 0.15) is 0 Å². The smallest absolute Gasteiger partial charge is 0.0250 e. The summed E-state index contributed by atoms with van der Waals surface area (Å²) in [7, 11) is 0. The van der Waals surface area contributed by atoms with Crippen LogP contribution in [0.4, 0.5) is 0 Å². The van der Waals surface area contributed by atoms with Crippen LogP contribution < -0.4 is 0 Å². The summed E-state index contributed by atoms with van der Waals surface area (Å²) in [6.07, 6.45) is 5.18. The molecule has 1 heteroatoms. The molecule has 0 N–H and O–H groups in total. The van der Waals surface area contributed by atoms with Crippen LogP contribution >= 0.6 is 0 Å². The van der Waals surface area contributed by atoms with Crippen molar-refractivity contribution >= 4 is 0 Å². The molecule has 1 saturated carbocycles. The lowest BCUT2D eigenvalue weighted by Gasteiger charge is -2.03. The molecule has 1 fully saturated rings. The molecule has 0 saturated heterocycles. The number of nitrogens with zero attached hydrogens (tertiary/aromatic N) is 1. The Labute approximate surface area is 74.4 Å². The highest BCUT2D eigenvalue weighted by molar-refractivity contribution is 5.28. The van der Waals surface area contributed by atoms with Crippen LogP contribution in [0.3, 0.4) is 0 Å². The summed E-state index contributed by atoms with van der Waals surface area (Å²) < 4.78 is 2.42. The molecule has 12 heavy (non-hydrogen) atoms. The third-order valence-electron chi connectivity index (χ3n) is 3.07. The Kier molecular flexibility index (Phi) is 1.75. The summed E-state index contributed by atoms with van der Waals surface area (Å²) in [6.45, 7) is 7.89. The van der Waals surface area contributed by atoms with E-state index in [1.807, 2.05) is 0 Å². The Hall–Kier alpha value is -0.720. The second kappa shape index (κ2) is 2.65. The first-order valence-corrected chi connectivity index (χ1v) is 4.81. The number of hydrogen-bond donors (Lipinski definition) is 0. The van der Waals surface area contributed by atoms with Gasteiger partial charge in [0.15, 0.2) is 0 Å². The predicted molar refractivity (Wildman–Crippen MR) is 51.4 cm³/mol. The summed E-state index contributed by atoms with van der Waals surface area (Å²) in [5, 5.41) is 0. The summed E-state index contributed by atoms with van der Waals surface area (Å²) in [5.74, 6) is 0.981. The molecule has 0 unspecified atom stereocenters. The Morgan fingerprint density at radius 3 is 2.42 bits per heavy atom. The molecule has 1 aromatic rings. The van der Waals surface area contributed by atoms with E-state index >= 15 is 0 Å². The number of aromatic nitrogens is 1. The van der Waals surface area contributed by atoms with Crippen LogP contribution in [0.1, 0.15) is 29.7 Å². The first-order chi connectivity index (χ1) is 5.68. The zero-order valence-corrected chi connectivity index (χ0v) is 8.22. The monoisotopic (exact) mass is 163 g/mol. The molecule has 0 radical (unpaired) electrons. The second-order valence-corrected chi connectivity index (χ2v) is 4.12. The largest absolute Gasteiger partial charge is 0.351 e. The Morgan fingerprint density at radius 1 is 1.33 bits per heavy atom. The van der Waals surface area contributed by atoms with E-state index in [1.165, 1.54) is 36.2 Å². The minimum Gasteiger partial charge on any atom is -0.351 e. The fourth-order valence-corrected chi connectivity index (χ4v) is 1.70. The van der Waals surface area contributed by atoms with Gasteiger partial charge >= 0.3 is 0 Å². The lowest BCUT2D eigenvalue weighted by Crippen LogP contribution is -2.00. The van der Waals surface area contributed by atoms with Crippen molar-refractivity contribution in [3.8, 4) is 0 Å². The highest BCUT2D eigenvalue weighted by Gasteiger charge is 2.22. The summed E-state index contributed by atoms with van der Waals surface area (Å²) in [6, 6.07) is 0. The maximum atomic E-state index is 2.42. The Bertz CT molecular complexity index is 292. The standard InChI is InChI=1S/C11H17N/c1-8-6-12(7-11-4-5-11)10(3)9(8)2/h6,11H,4-5,7H2,1-3H3. The zero-order valence-electron chi connectivity index (χ0n) is 8.22. The Balaban J connectivity index is 2.23. The van der Waals surface area contributed by atoms with Crippen molar-refractivity contribution in [1.82, 2.24) is 4.57 Å². The van der Waals surface area contributed by atoms with Crippen molar-refractivity contribution in [1.29, 1.82) is 0 Å². The third kappa shape index (κ3) is 1.28. The van der Waals surface area contributed by atoms with Crippen LogP contribution in [0.2, 0.25) is 0 Å². The van der Waals surface area contributed by atoms with Crippen molar-refractivity contribution in [2.75, 3.05) is 0 Å². The summed E-state index contributed by atoms with van der Waals surface area (Å²) in [4.78, 5) is 0. The average Bonchev–Trinajstić information content (AvgIpc) is 2.80. The third-order valence-corrected chi connectivity index (χ3v) is 3.07. The lowest BCUT2D eigenvalue weighted by molar-refractivity contribution is 0.615. The van der Waals surface area contributed by atoms with E-state index in [-0.39, 0.29) is 0 Å². The predicted octanol–water partition coefficient (Wildman–Crippen LogP) is 2.82. The van der Waals surface area contributed by atoms with Crippen LogP contribution in [0.25, 0.3) is 0 Å². The SMILES string of the molecule is Cc1cn(CC2CC2)c(C)c1C. The van der Waals surface area contributed by atoms with Crippen LogP contribution in [0, 0.1) is 26.7 Å². The van der Waals surface area contributed by atoms with E-state index in [2.05, 4.69) is 31.5 Å². The van der Waals surface area contributed by atoms with Crippen molar-refractivity contribution in [3.63, 3.8) is 0 Å². The normalized spacial score (nSPS) is 16.9. The lowest BCUT2D eigenvalue weighted by atomic mass is 10.2. The van der Waals surface area contributed by atoms with Crippen molar-refractivity contribution in [2.24, 2.45) is 5.92 Å². The highest BCUT2D eigenvalue weighted by atomic mass is 15.0. The first kappa shape index (κ1) is 7.90. The Morgan fingerprint density at radius 2 is 2.00 bits per heavy atom. The van der Waals surface area contributed by atoms with Crippen molar-refractivity contribution < 1.29 is 0 Å². The summed E-state index contributed by atoms with van der Waals surface area (Å²) >= 11 is 0. The van der Waals surface area contributed by atoms with Gasteiger partial charge in [-0.2, -0.15) is 0 Å². The van der Waals surface area contributed by atoms with Gasteiger partial charge in [0, 0.05) is 18.4 Å². The van der Waals surface area contributed by atoms with E-state index in [4.69, 9.17) is 0 Å². The van der Waals surface area contributed by atoms with Gasteiger partial charge in [-0.05, 0) is 50.7 Å². The minimum atomic E-state index is 0.981. The first-order valence-electron chi connectivity index (χ1n) is 4.81. The van der Waals surface area contributed by atoms with E-state index in [0.29, 0.717) is 0 Å². The number of aryl methyl sites for hydroxylation is 1. The minimum absolute atomic E-state index is 0.981. The quantitative estimate of drug-likeness (QED) is 0.632.